The molecular formula is C19H22N4O3. The maximum Gasteiger partial charge on any atom is 0.230 e. The van der Waals surface area contributed by atoms with E-state index in [0.29, 0.717) is 18.3 Å². The van der Waals surface area contributed by atoms with E-state index in [-0.39, 0.29) is 24.2 Å². The van der Waals surface area contributed by atoms with Gasteiger partial charge in [0.15, 0.2) is 0 Å². The van der Waals surface area contributed by atoms with Crippen molar-refractivity contribution in [2.75, 3.05) is 30.0 Å². The van der Waals surface area contributed by atoms with E-state index < -0.39 is 0 Å². The lowest BCUT2D eigenvalue weighted by molar-refractivity contribution is -0.122. The first-order valence-electron chi connectivity index (χ1n) is 8.96. The average Bonchev–Trinajstić information content (AvgIpc) is 3.39. The van der Waals surface area contributed by atoms with Crippen LogP contribution in [-0.2, 0) is 20.9 Å². The second kappa shape index (κ2) is 7.29. The number of nitrogens with zero attached hydrogens (tertiary/aromatic N) is 3. The minimum atomic E-state index is -0.360. The van der Waals surface area contributed by atoms with Gasteiger partial charge in [0.1, 0.15) is 5.82 Å². The zero-order chi connectivity index (χ0) is 17.9. The first-order valence-corrected chi connectivity index (χ1v) is 8.96. The molecular weight excluding hydrogens is 332 g/mol. The van der Waals surface area contributed by atoms with Crippen LogP contribution in [0.1, 0.15) is 12.8 Å². The topological polar surface area (TPSA) is 76.5 Å². The molecule has 1 aromatic carbocycles. The summed E-state index contributed by atoms with van der Waals surface area (Å²) in [5.41, 5.74) is 0.832. The molecule has 2 fully saturated rings. The molecule has 3 heterocycles. The molecule has 1 aromatic heterocycles. The van der Waals surface area contributed by atoms with Crippen LogP contribution in [-0.4, -0.2) is 41.4 Å². The lowest BCUT2D eigenvalue weighted by Gasteiger charge is -2.17. The van der Waals surface area contributed by atoms with Crippen molar-refractivity contribution in [3.63, 3.8) is 0 Å². The van der Waals surface area contributed by atoms with Crippen molar-refractivity contribution < 1.29 is 14.3 Å². The number of nitrogens with one attached hydrogen (secondary N) is 1. The lowest BCUT2D eigenvalue weighted by atomic mass is 10.1. The van der Waals surface area contributed by atoms with Crippen LogP contribution >= 0.6 is 0 Å². The van der Waals surface area contributed by atoms with E-state index in [1.165, 1.54) is 0 Å². The molecule has 0 spiro atoms. The van der Waals surface area contributed by atoms with E-state index in [9.17, 15) is 9.59 Å². The van der Waals surface area contributed by atoms with Gasteiger partial charge in [0, 0.05) is 43.8 Å². The first kappa shape index (κ1) is 16.8. The zero-order valence-corrected chi connectivity index (χ0v) is 14.5. The van der Waals surface area contributed by atoms with Crippen LogP contribution in [0, 0.1) is 11.8 Å². The van der Waals surface area contributed by atoms with E-state index in [1.54, 1.807) is 17.2 Å². The molecule has 0 bridgehead atoms. The fourth-order valence-electron chi connectivity index (χ4n) is 3.53. The van der Waals surface area contributed by atoms with Gasteiger partial charge in [-0.25, -0.2) is 4.68 Å². The number of rotatable bonds is 5. The summed E-state index contributed by atoms with van der Waals surface area (Å²) in [5, 5.41) is 7.25. The second-order valence-electron chi connectivity index (χ2n) is 6.86. The molecule has 2 aliphatic heterocycles. The molecule has 0 aliphatic carbocycles. The number of anilines is 2. The lowest BCUT2D eigenvalue weighted by Crippen LogP contribution is -2.29. The highest BCUT2D eigenvalue weighted by Gasteiger charge is 2.35. The molecule has 2 atom stereocenters. The van der Waals surface area contributed by atoms with Gasteiger partial charge < -0.3 is 15.0 Å². The summed E-state index contributed by atoms with van der Waals surface area (Å²) >= 11 is 0. The van der Waals surface area contributed by atoms with Crippen LogP contribution in [0.15, 0.2) is 42.6 Å². The van der Waals surface area contributed by atoms with Crippen molar-refractivity contribution in [1.82, 2.24) is 9.78 Å². The largest absolute Gasteiger partial charge is 0.381 e. The van der Waals surface area contributed by atoms with Crippen LogP contribution in [0.4, 0.5) is 11.5 Å². The smallest absolute Gasteiger partial charge is 0.230 e. The third-order valence-corrected chi connectivity index (χ3v) is 4.99. The van der Waals surface area contributed by atoms with E-state index in [2.05, 4.69) is 10.4 Å². The Bertz CT molecular complexity index is 783. The SMILES string of the molecule is O=C(Nc1ccnn1CC1CCOC1)C1CC(=O)N(c2ccccc2)C1. The van der Waals surface area contributed by atoms with Crippen LogP contribution in [0.2, 0.25) is 0 Å². The standard InChI is InChI=1S/C19H22N4O3/c24-18-10-15(12-22(18)16-4-2-1-3-5-16)19(25)21-17-6-8-20-23(17)11-14-7-9-26-13-14/h1-6,8,14-15H,7,9-13H2,(H,21,25). The molecule has 0 radical (unpaired) electrons. The highest BCUT2D eigenvalue weighted by molar-refractivity contribution is 6.03. The normalized spacial score (nSPS) is 22.8. The Hall–Kier alpha value is -2.67. The maximum atomic E-state index is 12.7. The molecule has 2 amide bonds. The van der Waals surface area contributed by atoms with Crippen molar-refractivity contribution in [3.05, 3.63) is 42.6 Å². The fourth-order valence-corrected chi connectivity index (χ4v) is 3.53. The fraction of sp³-hybridized carbons (Fsp3) is 0.421. The van der Waals surface area contributed by atoms with E-state index in [0.717, 1.165) is 31.9 Å². The van der Waals surface area contributed by atoms with Gasteiger partial charge in [0.25, 0.3) is 0 Å². The summed E-state index contributed by atoms with van der Waals surface area (Å²) in [6.45, 7) is 2.64. The molecule has 4 rings (SSSR count). The Kier molecular flexibility index (Phi) is 4.71. The monoisotopic (exact) mass is 354 g/mol. The van der Waals surface area contributed by atoms with Gasteiger partial charge in [-0.2, -0.15) is 5.10 Å². The van der Waals surface area contributed by atoms with Gasteiger partial charge in [-0.15, -0.1) is 0 Å². The molecule has 26 heavy (non-hydrogen) atoms. The molecule has 2 unspecified atom stereocenters. The Morgan fingerprint density at radius 1 is 1.27 bits per heavy atom. The van der Waals surface area contributed by atoms with Crippen LogP contribution < -0.4 is 10.2 Å². The van der Waals surface area contributed by atoms with Crippen molar-refractivity contribution in [2.45, 2.75) is 19.4 Å². The average molecular weight is 354 g/mol. The van der Waals surface area contributed by atoms with E-state index >= 15 is 0 Å². The third-order valence-electron chi connectivity index (χ3n) is 4.99. The molecule has 0 saturated carbocycles. The number of carbonyl (C=O) groups is 2. The van der Waals surface area contributed by atoms with E-state index in [1.807, 2.05) is 35.0 Å². The molecule has 136 valence electrons. The summed E-state index contributed by atoms with van der Waals surface area (Å²) in [4.78, 5) is 26.7. The van der Waals surface area contributed by atoms with Gasteiger partial charge in [-0.1, -0.05) is 18.2 Å². The van der Waals surface area contributed by atoms with Crippen LogP contribution in [0.25, 0.3) is 0 Å². The highest BCUT2D eigenvalue weighted by atomic mass is 16.5. The number of aromatic nitrogens is 2. The molecule has 2 aromatic rings. The van der Waals surface area contributed by atoms with Crippen LogP contribution in [0.5, 0.6) is 0 Å². The van der Waals surface area contributed by atoms with Crippen molar-refractivity contribution in [3.8, 4) is 0 Å². The first-order chi connectivity index (χ1) is 12.7. The van der Waals surface area contributed by atoms with Gasteiger partial charge in [-0.3, -0.25) is 9.59 Å². The summed E-state index contributed by atoms with van der Waals surface area (Å²) in [6.07, 6.45) is 2.92. The number of benzene rings is 1. The second-order valence-corrected chi connectivity index (χ2v) is 6.86. The molecule has 7 heteroatoms. The minimum absolute atomic E-state index is 0.0204. The number of para-hydroxylation sites is 1. The van der Waals surface area contributed by atoms with Crippen molar-refractivity contribution in [2.24, 2.45) is 11.8 Å². The number of hydrogen-bond donors (Lipinski definition) is 1. The maximum absolute atomic E-state index is 12.7. The highest BCUT2D eigenvalue weighted by Crippen LogP contribution is 2.26. The number of carbonyl (C=O) groups excluding carboxylic acids is 2. The summed E-state index contributed by atoms with van der Waals surface area (Å²) in [6, 6.07) is 11.3. The Labute approximate surface area is 151 Å². The molecule has 1 N–H and O–H groups in total. The zero-order valence-electron chi connectivity index (χ0n) is 14.5. The van der Waals surface area contributed by atoms with Crippen LogP contribution in [0.3, 0.4) is 0 Å². The summed E-state index contributed by atoms with van der Waals surface area (Å²) < 4.78 is 7.21. The van der Waals surface area contributed by atoms with Gasteiger partial charge in [0.05, 0.1) is 18.7 Å². The predicted octanol–water partition coefficient (Wildman–Crippen LogP) is 1.91. The number of amides is 2. The van der Waals surface area contributed by atoms with Gasteiger partial charge in [0.2, 0.25) is 11.8 Å². The predicted molar refractivity (Wildman–Crippen MR) is 96.7 cm³/mol. The summed E-state index contributed by atoms with van der Waals surface area (Å²) in [7, 11) is 0. The van der Waals surface area contributed by atoms with Gasteiger partial charge in [-0.05, 0) is 18.6 Å². The van der Waals surface area contributed by atoms with Gasteiger partial charge >= 0.3 is 0 Å². The van der Waals surface area contributed by atoms with E-state index in [4.69, 9.17) is 4.74 Å². The number of hydrogen-bond acceptors (Lipinski definition) is 4. The quantitative estimate of drug-likeness (QED) is 0.890. The Morgan fingerprint density at radius 3 is 2.88 bits per heavy atom. The van der Waals surface area contributed by atoms with Crippen molar-refractivity contribution >= 4 is 23.3 Å². The molecule has 2 aliphatic rings. The number of ether oxygens (including phenoxy) is 1. The van der Waals surface area contributed by atoms with Crippen molar-refractivity contribution in [1.29, 1.82) is 0 Å². The minimum Gasteiger partial charge on any atom is -0.381 e. The Morgan fingerprint density at radius 2 is 2.12 bits per heavy atom. The molecule has 2 saturated heterocycles. The summed E-state index contributed by atoms with van der Waals surface area (Å²) in [5.74, 6) is 0.578. The molecule has 7 nitrogen and oxygen atoms in total. The third kappa shape index (κ3) is 3.48. The Balaban J connectivity index is 1.40.